The fourth-order valence-corrected chi connectivity index (χ4v) is 0.734. The quantitative estimate of drug-likeness (QED) is 0.296. The zero-order valence-corrected chi connectivity index (χ0v) is 9.55. The molecule has 0 bridgehead atoms. The first-order chi connectivity index (χ1) is 6.37. The van der Waals surface area contributed by atoms with E-state index in [1.54, 1.807) is 0 Å². The molecule has 0 spiro atoms. The van der Waals surface area contributed by atoms with E-state index < -0.39 is 11.6 Å². The molecular weight excluding hydrogens is 180 g/mol. The second-order valence-corrected chi connectivity index (χ2v) is 4.13. The summed E-state index contributed by atoms with van der Waals surface area (Å²) in [5, 5.41) is 0. The van der Waals surface area contributed by atoms with E-state index in [0.717, 1.165) is 12.8 Å². The van der Waals surface area contributed by atoms with E-state index in [2.05, 4.69) is 13.5 Å². The van der Waals surface area contributed by atoms with Crippen LogP contribution in [0.15, 0.2) is 12.3 Å². The van der Waals surface area contributed by atoms with Gasteiger partial charge in [-0.3, -0.25) is 0 Å². The summed E-state index contributed by atoms with van der Waals surface area (Å²) in [6.07, 6.45) is 1.95. The third kappa shape index (κ3) is 6.52. The molecule has 0 aliphatic carbocycles. The molecule has 0 atom stereocenters. The molecule has 0 heterocycles. The molecule has 0 fully saturated rings. The number of unbranched alkanes of at least 4 members (excludes halogenated alkanes) is 1. The Morgan fingerprint density at radius 1 is 1.36 bits per heavy atom. The number of hydrogen-bond donors (Lipinski definition) is 0. The Balaban J connectivity index is 3.83. The third-order valence-electron chi connectivity index (χ3n) is 1.40. The molecule has 0 saturated heterocycles. The summed E-state index contributed by atoms with van der Waals surface area (Å²) in [6, 6.07) is 0. The van der Waals surface area contributed by atoms with Crippen LogP contribution in [0.1, 0.15) is 40.5 Å². The standard InChI is InChI=1S/C11H20O3/c1-6-7-8-13-9(2)10(12)14-11(3,4)5/h2,6-8H2,1,3-5H3. The van der Waals surface area contributed by atoms with Gasteiger partial charge in [0.2, 0.25) is 0 Å². The van der Waals surface area contributed by atoms with Crippen LogP contribution in [0.4, 0.5) is 0 Å². The first-order valence-electron chi connectivity index (χ1n) is 4.92. The summed E-state index contributed by atoms with van der Waals surface area (Å²) >= 11 is 0. The van der Waals surface area contributed by atoms with Crippen LogP contribution < -0.4 is 0 Å². The molecule has 0 saturated carbocycles. The average molecular weight is 200 g/mol. The molecule has 0 aliphatic rings. The minimum absolute atomic E-state index is 0.0911. The van der Waals surface area contributed by atoms with Crippen LogP contribution in [0.25, 0.3) is 0 Å². The topological polar surface area (TPSA) is 35.5 Å². The lowest BCUT2D eigenvalue weighted by Crippen LogP contribution is -2.25. The van der Waals surface area contributed by atoms with Crippen LogP contribution in [0.5, 0.6) is 0 Å². The molecule has 0 N–H and O–H groups in total. The Morgan fingerprint density at radius 3 is 2.36 bits per heavy atom. The number of esters is 1. The zero-order valence-electron chi connectivity index (χ0n) is 9.55. The van der Waals surface area contributed by atoms with E-state index in [9.17, 15) is 4.79 Å². The van der Waals surface area contributed by atoms with Crippen molar-refractivity contribution in [2.75, 3.05) is 6.61 Å². The monoisotopic (exact) mass is 200 g/mol. The van der Waals surface area contributed by atoms with Gasteiger partial charge in [0.1, 0.15) is 5.60 Å². The second-order valence-electron chi connectivity index (χ2n) is 4.13. The lowest BCUT2D eigenvalue weighted by Gasteiger charge is -2.20. The number of carbonyl (C=O) groups excluding carboxylic acids is 1. The van der Waals surface area contributed by atoms with Gasteiger partial charge in [-0.2, -0.15) is 0 Å². The number of rotatable bonds is 5. The van der Waals surface area contributed by atoms with Gasteiger partial charge in [-0.1, -0.05) is 13.3 Å². The molecule has 0 aromatic rings. The average Bonchev–Trinajstić information content (AvgIpc) is 2.01. The van der Waals surface area contributed by atoms with Crippen LogP contribution in [-0.2, 0) is 14.3 Å². The van der Waals surface area contributed by atoms with Crippen LogP contribution in [0, 0.1) is 0 Å². The summed E-state index contributed by atoms with van der Waals surface area (Å²) in [5.41, 5.74) is -0.492. The van der Waals surface area contributed by atoms with Gasteiger partial charge in [0.05, 0.1) is 6.61 Å². The van der Waals surface area contributed by atoms with Gasteiger partial charge in [-0.05, 0) is 33.8 Å². The van der Waals surface area contributed by atoms with E-state index in [-0.39, 0.29) is 5.76 Å². The Bertz CT molecular complexity index is 201. The van der Waals surface area contributed by atoms with Gasteiger partial charge < -0.3 is 9.47 Å². The van der Waals surface area contributed by atoms with E-state index in [4.69, 9.17) is 9.47 Å². The number of carbonyl (C=O) groups is 1. The fourth-order valence-electron chi connectivity index (χ4n) is 0.734. The Labute approximate surface area is 86.1 Å². The largest absolute Gasteiger partial charge is 0.487 e. The van der Waals surface area contributed by atoms with E-state index >= 15 is 0 Å². The van der Waals surface area contributed by atoms with Crippen LogP contribution in [-0.4, -0.2) is 18.2 Å². The van der Waals surface area contributed by atoms with Crippen molar-refractivity contribution in [2.24, 2.45) is 0 Å². The Hall–Kier alpha value is -0.990. The van der Waals surface area contributed by atoms with Gasteiger partial charge in [-0.15, -0.1) is 0 Å². The molecule has 3 nitrogen and oxygen atoms in total. The molecule has 82 valence electrons. The van der Waals surface area contributed by atoms with Crippen molar-refractivity contribution >= 4 is 5.97 Å². The minimum Gasteiger partial charge on any atom is -0.487 e. The molecule has 14 heavy (non-hydrogen) atoms. The lowest BCUT2D eigenvalue weighted by molar-refractivity contribution is -0.154. The summed E-state index contributed by atoms with van der Waals surface area (Å²) < 4.78 is 10.2. The fraction of sp³-hybridized carbons (Fsp3) is 0.727. The Kier molecular flexibility index (Phi) is 5.28. The van der Waals surface area contributed by atoms with E-state index in [1.165, 1.54) is 0 Å². The minimum atomic E-state index is -0.492. The van der Waals surface area contributed by atoms with Gasteiger partial charge >= 0.3 is 5.97 Å². The highest BCUT2D eigenvalue weighted by Gasteiger charge is 2.19. The third-order valence-corrected chi connectivity index (χ3v) is 1.40. The summed E-state index contributed by atoms with van der Waals surface area (Å²) in [4.78, 5) is 11.3. The van der Waals surface area contributed by atoms with Crippen molar-refractivity contribution in [3.63, 3.8) is 0 Å². The van der Waals surface area contributed by atoms with Crippen molar-refractivity contribution < 1.29 is 14.3 Å². The van der Waals surface area contributed by atoms with Gasteiger partial charge in [0.15, 0.2) is 5.76 Å². The molecule has 0 rings (SSSR count). The Morgan fingerprint density at radius 2 is 1.93 bits per heavy atom. The highest BCUT2D eigenvalue weighted by molar-refractivity contribution is 5.85. The van der Waals surface area contributed by atoms with E-state index in [0.29, 0.717) is 6.61 Å². The van der Waals surface area contributed by atoms with Crippen LogP contribution in [0.2, 0.25) is 0 Å². The SMILES string of the molecule is C=C(OCCCC)C(=O)OC(C)(C)C. The maximum absolute atomic E-state index is 11.3. The van der Waals surface area contributed by atoms with Crippen molar-refractivity contribution in [1.82, 2.24) is 0 Å². The van der Waals surface area contributed by atoms with Crippen molar-refractivity contribution in [2.45, 2.75) is 46.1 Å². The van der Waals surface area contributed by atoms with Gasteiger partial charge in [0.25, 0.3) is 0 Å². The molecule has 3 heteroatoms. The summed E-state index contributed by atoms with van der Waals surface area (Å²) in [5.74, 6) is -0.387. The lowest BCUT2D eigenvalue weighted by atomic mass is 10.2. The maximum atomic E-state index is 11.3. The predicted molar refractivity (Wildman–Crippen MR) is 55.8 cm³/mol. The molecule has 0 amide bonds. The molecular formula is C11H20O3. The molecule has 0 radical (unpaired) electrons. The van der Waals surface area contributed by atoms with Crippen LogP contribution >= 0.6 is 0 Å². The molecule has 0 unspecified atom stereocenters. The first-order valence-corrected chi connectivity index (χ1v) is 4.92. The van der Waals surface area contributed by atoms with Crippen molar-refractivity contribution in [3.05, 3.63) is 12.3 Å². The predicted octanol–water partition coefficient (Wildman–Crippen LogP) is 2.66. The molecule has 0 aromatic carbocycles. The number of ether oxygens (including phenoxy) is 2. The first kappa shape index (κ1) is 13.0. The summed E-state index contributed by atoms with van der Waals surface area (Å²) in [6.45, 7) is 11.5. The van der Waals surface area contributed by atoms with Crippen molar-refractivity contribution in [3.8, 4) is 0 Å². The van der Waals surface area contributed by atoms with E-state index in [1.807, 2.05) is 20.8 Å². The van der Waals surface area contributed by atoms with Gasteiger partial charge in [0, 0.05) is 0 Å². The highest BCUT2D eigenvalue weighted by atomic mass is 16.6. The van der Waals surface area contributed by atoms with Crippen LogP contribution in [0.3, 0.4) is 0 Å². The smallest absolute Gasteiger partial charge is 0.373 e. The van der Waals surface area contributed by atoms with Gasteiger partial charge in [-0.25, -0.2) is 4.79 Å². The normalized spacial score (nSPS) is 10.9. The zero-order chi connectivity index (χ0) is 11.2. The number of hydrogen-bond acceptors (Lipinski definition) is 3. The second kappa shape index (κ2) is 5.68. The molecule has 0 aromatic heterocycles. The molecule has 0 aliphatic heterocycles. The highest BCUT2D eigenvalue weighted by Crippen LogP contribution is 2.10. The maximum Gasteiger partial charge on any atom is 0.373 e. The summed E-state index contributed by atoms with van der Waals surface area (Å²) in [7, 11) is 0. The van der Waals surface area contributed by atoms with Crippen molar-refractivity contribution in [1.29, 1.82) is 0 Å².